The second kappa shape index (κ2) is 5.02. The van der Waals surface area contributed by atoms with Gasteiger partial charge in [0.05, 0.1) is 22.8 Å². The topological polar surface area (TPSA) is 62.5 Å². The molecule has 1 unspecified atom stereocenters. The van der Waals surface area contributed by atoms with Gasteiger partial charge in [-0.3, -0.25) is 4.79 Å². The third kappa shape index (κ3) is 2.46. The molecule has 0 saturated carbocycles. The second-order valence-corrected chi connectivity index (χ2v) is 5.82. The van der Waals surface area contributed by atoms with E-state index < -0.39 is 0 Å². The molecule has 3 rings (SSSR count). The highest BCUT2D eigenvalue weighted by atomic mass is 16.1. The van der Waals surface area contributed by atoms with Crippen LogP contribution in [0.1, 0.15) is 30.4 Å². The van der Waals surface area contributed by atoms with Crippen LogP contribution in [0.2, 0.25) is 0 Å². The molecule has 1 saturated heterocycles. The first-order valence-electron chi connectivity index (χ1n) is 7.31. The van der Waals surface area contributed by atoms with Gasteiger partial charge in [0.15, 0.2) is 5.65 Å². The number of imidazole rings is 1. The first-order valence-corrected chi connectivity index (χ1v) is 7.31. The lowest BCUT2D eigenvalue weighted by Crippen LogP contribution is -2.35. The summed E-state index contributed by atoms with van der Waals surface area (Å²) in [6.07, 6.45) is 0.964. The van der Waals surface area contributed by atoms with Crippen molar-refractivity contribution >= 4 is 17.2 Å². The molecule has 0 bridgehead atoms. The molecule has 1 aliphatic rings. The van der Waals surface area contributed by atoms with Crippen LogP contribution in [-0.4, -0.2) is 39.6 Å². The van der Waals surface area contributed by atoms with E-state index in [0.29, 0.717) is 0 Å². The molecule has 1 amide bonds. The molecular formula is C15H21N5O. The molecule has 2 aromatic rings. The van der Waals surface area contributed by atoms with Crippen LogP contribution in [0.15, 0.2) is 6.07 Å². The average Bonchev–Trinajstić information content (AvgIpc) is 2.96. The van der Waals surface area contributed by atoms with Crippen molar-refractivity contribution in [3.8, 4) is 0 Å². The Balaban J connectivity index is 1.97. The molecule has 1 atom stereocenters. The van der Waals surface area contributed by atoms with Crippen molar-refractivity contribution in [1.82, 2.24) is 19.9 Å². The van der Waals surface area contributed by atoms with E-state index in [-0.39, 0.29) is 11.9 Å². The summed E-state index contributed by atoms with van der Waals surface area (Å²) in [5, 5.41) is 7.55. The van der Waals surface area contributed by atoms with E-state index in [0.717, 1.165) is 47.9 Å². The molecule has 0 aromatic carbocycles. The number of aromatic nitrogens is 3. The van der Waals surface area contributed by atoms with Gasteiger partial charge in [-0.25, -0.2) is 9.50 Å². The molecule has 21 heavy (non-hydrogen) atoms. The average molecular weight is 287 g/mol. The Morgan fingerprint density at radius 1 is 1.38 bits per heavy atom. The predicted molar refractivity (Wildman–Crippen MR) is 81.6 cm³/mol. The Hall–Kier alpha value is -2.11. The number of fused-ring (bicyclic) bond motifs is 1. The molecule has 0 spiro atoms. The van der Waals surface area contributed by atoms with Gasteiger partial charge in [0.2, 0.25) is 5.91 Å². The standard InChI is InChI=1S/C15H21N5O/c1-9-7-14(15-16-10(2)11(3)20(15)18-9)19-6-5-13(8-19)17-12(4)21/h7,13H,5-6,8H2,1-4H3,(H,17,21). The van der Waals surface area contributed by atoms with Gasteiger partial charge in [-0.1, -0.05) is 0 Å². The van der Waals surface area contributed by atoms with Crippen molar-refractivity contribution in [2.75, 3.05) is 18.0 Å². The molecule has 2 aromatic heterocycles. The van der Waals surface area contributed by atoms with Crippen LogP contribution in [-0.2, 0) is 4.79 Å². The number of carbonyl (C=O) groups excluding carboxylic acids is 1. The number of anilines is 1. The summed E-state index contributed by atoms with van der Waals surface area (Å²) in [7, 11) is 0. The molecule has 0 aliphatic carbocycles. The van der Waals surface area contributed by atoms with Gasteiger partial charge in [-0.05, 0) is 33.3 Å². The molecule has 0 radical (unpaired) electrons. The number of rotatable bonds is 2. The van der Waals surface area contributed by atoms with Crippen LogP contribution in [0.3, 0.4) is 0 Å². The molecule has 1 fully saturated rings. The Labute approximate surface area is 124 Å². The van der Waals surface area contributed by atoms with Crippen molar-refractivity contribution in [3.63, 3.8) is 0 Å². The van der Waals surface area contributed by atoms with Gasteiger partial charge in [-0.15, -0.1) is 0 Å². The van der Waals surface area contributed by atoms with Crippen LogP contribution < -0.4 is 10.2 Å². The Morgan fingerprint density at radius 3 is 2.86 bits per heavy atom. The summed E-state index contributed by atoms with van der Waals surface area (Å²) in [5.74, 6) is 0.0328. The Kier molecular flexibility index (Phi) is 3.31. The quantitative estimate of drug-likeness (QED) is 0.906. The Morgan fingerprint density at radius 2 is 2.14 bits per heavy atom. The maximum atomic E-state index is 11.2. The lowest BCUT2D eigenvalue weighted by atomic mass is 10.2. The first-order chi connectivity index (χ1) is 9.95. The van der Waals surface area contributed by atoms with Gasteiger partial charge < -0.3 is 10.2 Å². The van der Waals surface area contributed by atoms with Crippen molar-refractivity contribution in [2.45, 2.75) is 40.2 Å². The Bertz CT molecular complexity index is 706. The fourth-order valence-corrected chi connectivity index (χ4v) is 2.95. The lowest BCUT2D eigenvalue weighted by molar-refractivity contribution is -0.119. The highest BCUT2D eigenvalue weighted by Gasteiger charge is 2.26. The van der Waals surface area contributed by atoms with Gasteiger partial charge in [0.1, 0.15) is 0 Å². The summed E-state index contributed by atoms with van der Waals surface area (Å²) in [5.41, 5.74) is 5.06. The lowest BCUT2D eigenvalue weighted by Gasteiger charge is -2.20. The second-order valence-electron chi connectivity index (χ2n) is 5.82. The van der Waals surface area contributed by atoms with Gasteiger partial charge in [0, 0.05) is 26.1 Å². The minimum atomic E-state index is 0.0328. The van der Waals surface area contributed by atoms with Gasteiger partial charge >= 0.3 is 0 Å². The molecule has 6 nitrogen and oxygen atoms in total. The van der Waals surface area contributed by atoms with Crippen molar-refractivity contribution in [3.05, 3.63) is 23.1 Å². The van der Waals surface area contributed by atoms with Crippen LogP contribution in [0.25, 0.3) is 5.65 Å². The molecule has 3 heterocycles. The minimum absolute atomic E-state index is 0.0328. The number of hydrogen-bond donors (Lipinski definition) is 1. The highest BCUT2D eigenvalue weighted by molar-refractivity contribution is 5.74. The number of carbonyl (C=O) groups is 1. The molecule has 1 aliphatic heterocycles. The maximum absolute atomic E-state index is 11.2. The summed E-state index contributed by atoms with van der Waals surface area (Å²) in [6, 6.07) is 2.30. The van der Waals surface area contributed by atoms with E-state index in [1.165, 1.54) is 0 Å². The van der Waals surface area contributed by atoms with Gasteiger partial charge in [-0.2, -0.15) is 5.10 Å². The zero-order valence-electron chi connectivity index (χ0n) is 13.0. The number of aryl methyl sites for hydroxylation is 3. The zero-order chi connectivity index (χ0) is 15.1. The minimum Gasteiger partial charge on any atom is -0.366 e. The fraction of sp³-hybridized carbons (Fsp3) is 0.533. The summed E-state index contributed by atoms with van der Waals surface area (Å²) >= 11 is 0. The third-order valence-corrected chi connectivity index (χ3v) is 4.08. The van der Waals surface area contributed by atoms with E-state index in [1.54, 1.807) is 6.92 Å². The normalized spacial score (nSPS) is 18.5. The van der Waals surface area contributed by atoms with Crippen LogP contribution in [0, 0.1) is 20.8 Å². The molecule has 6 heteroatoms. The first kappa shape index (κ1) is 13.9. The predicted octanol–water partition coefficient (Wildman–Crippen LogP) is 1.37. The van der Waals surface area contributed by atoms with Crippen molar-refractivity contribution in [2.24, 2.45) is 0 Å². The van der Waals surface area contributed by atoms with Crippen molar-refractivity contribution in [1.29, 1.82) is 0 Å². The van der Waals surface area contributed by atoms with E-state index in [1.807, 2.05) is 25.3 Å². The largest absolute Gasteiger partial charge is 0.366 e. The number of amides is 1. The van der Waals surface area contributed by atoms with Crippen molar-refractivity contribution < 1.29 is 4.79 Å². The maximum Gasteiger partial charge on any atom is 0.217 e. The number of nitrogens with zero attached hydrogens (tertiary/aromatic N) is 4. The monoisotopic (exact) mass is 287 g/mol. The molecule has 1 N–H and O–H groups in total. The van der Waals surface area contributed by atoms with E-state index in [2.05, 4.69) is 26.4 Å². The van der Waals surface area contributed by atoms with E-state index in [9.17, 15) is 4.79 Å². The number of nitrogens with one attached hydrogen (secondary N) is 1. The fourth-order valence-electron chi connectivity index (χ4n) is 2.95. The third-order valence-electron chi connectivity index (χ3n) is 4.08. The van der Waals surface area contributed by atoms with Crippen LogP contribution in [0.5, 0.6) is 0 Å². The zero-order valence-corrected chi connectivity index (χ0v) is 13.0. The summed E-state index contributed by atoms with van der Waals surface area (Å²) < 4.78 is 1.92. The van der Waals surface area contributed by atoms with E-state index in [4.69, 9.17) is 0 Å². The van der Waals surface area contributed by atoms with Crippen LogP contribution >= 0.6 is 0 Å². The van der Waals surface area contributed by atoms with Crippen LogP contribution in [0.4, 0.5) is 5.69 Å². The SMILES string of the molecule is CC(=O)NC1CCN(c2cc(C)nn3c(C)c(C)nc23)C1. The molecular weight excluding hydrogens is 266 g/mol. The van der Waals surface area contributed by atoms with E-state index >= 15 is 0 Å². The molecule has 112 valence electrons. The summed E-state index contributed by atoms with van der Waals surface area (Å²) in [4.78, 5) is 18.1. The smallest absolute Gasteiger partial charge is 0.217 e. The highest BCUT2D eigenvalue weighted by Crippen LogP contribution is 2.26. The summed E-state index contributed by atoms with van der Waals surface area (Å²) in [6.45, 7) is 9.36. The number of hydrogen-bond acceptors (Lipinski definition) is 4. The van der Waals surface area contributed by atoms with Gasteiger partial charge in [0.25, 0.3) is 0 Å².